The topological polar surface area (TPSA) is 47.6 Å². The van der Waals surface area contributed by atoms with Crippen molar-refractivity contribution in [2.45, 2.75) is 44.6 Å². The fourth-order valence-corrected chi connectivity index (χ4v) is 3.10. The molecule has 0 atom stereocenters. The third kappa shape index (κ3) is 3.49. The van der Waals surface area contributed by atoms with Gasteiger partial charge in [0, 0.05) is 5.69 Å². The van der Waals surface area contributed by atoms with E-state index in [0.717, 1.165) is 43.0 Å². The maximum absolute atomic E-state index is 12.3. The van der Waals surface area contributed by atoms with E-state index in [9.17, 15) is 4.79 Å². The van der Waals surface area contributed by atoms with Gasteiger partial charge in [0.1, 0.15) is 11.3 Å². The Morgan fingerprint density at radius 3 is 2.33 bits per heavy atom. The molecular weight excluding hydrogens is 266 g/mol. The van der Waals surface area contributed by atoms with Crippen LogP contribution in [0.3, 0.4) is 0 Å². The number of anilines is 1. The average Bonchev–Trinajstić information content (AvgIpc) is 2.55. The Labute approximate surface area is 126 Å². The molecule has 0 spiro atoms. The zero-order valence-electron chi connectivity index (χ0n) is 13.1. The molecule has 1 fully saturated rings. The minimum absolute atomic E-state index is 0.159. The number of methoxy groups -OCH3 is 2. The molecule has 2 rings (SSSR count). The molecule has 1 aromatic carbocycles. The molecule has 0 radical (unpaired) electrons. The fourth-order valence-electron chi connectivity index (χ4n) is 3.10. The lowest BCUT2D eigenvalue weighted by molar-refractivity contribution is -0.147. The summed E-state index contributed by atoms with van der Waals surface area (Å²) in [7, 11) is 3.11. The Bertz CT molecular complexity index is 461. The van der Waals surface area contributed by atoms with E-state index in [-0.39, 0.29) is 5.97 Å². The van der Waals surface area contributed by atoms with Gasteiger partial charge in [-0.3, -0.25) is 0 Å². The van der Waals surface area contributed by atoms with Crippen LogP contribution in [0.25, 0.3) is 0 Å². The zero-order valence-corrected chi connectivity index (χ0v) is 13.1. The van der Waals surface area contributed by atoms with E-state index in [0.29, 0.717) is 0 Å². The standard InChI is InChI=1S/C17H25NO3/c1-4-13-9-11-17(12-10-13,16(19)21-3)18-14-5-7-15(20-2)8-6-14/h5-8,13,18H,4,9-12H2,1-3H3. The van der Waals surface area contributed by atoms with Crippen molar-refractivity contribution in [3.8, 4) is 5.75 Å². The highest BCUT2D eigenvalue weighted by atomic mass is 16.5. The molecule has 0 aromatic heterocycles. The number of ether oxygens (including phenoxy) is 2. The van der Waals surface area contributed by atoms with Gasteiger partial charge in [0.15, 0.2) is 0 Å². The summed E-state index contributed by atoms with van der Waals surface area (Å²) >= 11 is 0. The van der Waals surface area contributed by atoms with Crippen molar-refractivity contribution in [2.75, 3.05) is 19.5 Å². The van der Waals surface area contributed by atoms with E-state index in [4.69, 9.17) is 9.47 Å². The molecule has 1 aliphatic rings. The molecule has 116 valence electrons. The molecule has 1 aromatic rings. The van der Waals surface area contributed by atoms with Crippen molar-refractivity contribution in [1.29, 1.82) is 0 Å². The third-order valence-corrected chi connectivity index (χ3v) is 4.59. The summed E-state index contributed by atoms with van der Waals surface area (Å²) in [5.74, 6) is 1.37. The van der Waals surface area contributed by atoms with Gasteiger partial charge in [-0.2, -0.15) is 0 Å². The van der Waals surface area contributed by atoms with E-state index in [1.165, 1.54) is 13.5 Å². The molecule has 1 aliphatic carbocycles. The molecule has 0 unspecified atom stereocenters. The van der Waals surface area contributed by atoms with Crippen LogP contribution >= 0.6 is 0 Å². The lowest BCUT2D eigenvalue weighted by Crippen LogP contribution is -2.49. The Morgan fingerprint density at radius 1 is 1.24 bits per heavy atom. The smallest absolute Gasteiger partial charge is 0.331 e. The molecule has 21 heavy (non-hydrogen) atoms. The molecule has 0 aliphatic heterocycles. The number of nitrogens with one attached hydrogen (secondary N) is 1. The van der Waals surface area contributed by atoms with Crippen molar-refractivity contribution in [3.63, 3.8) is 0 Å². The first-order chi connectivity index (χ1) is 10.1. The molecule has 1 N–H and O–H groups in total. The van der Waals surface area contributed by atoms with Crippen molar-refractivity contribution in [2.24, 2.45) is 5.92 Å². The van der Waals surface area contributed by atoms with Crippen LogP contribution in [0, 0.1) is 5.92 Å². The monoisotopic (exact) mass is 291 g/mol. The normalized spacial score (nSPS) is 25.2. The fraction of sp³-hybridized carbons (Fsp3) is 0.588. The number of hydrogen-bond donors (Lipinski definition) is 1. The Hall–Kier alpha value is -1.71. The van der Waals surface area contributed by atoms with Gasteiger partial charge in [-0.25, -0.2) is 4.79 Å². The van der Waals surface area contributed by atoms with Gasteiger partial charge >= 0.3 is 5.97 Å². The third-order valence-electron chi connectivity index (χ3n) is 4.59. The van der Waals surface area contributed by atoms with Gasteiger partial charge in [0.25, 0.3) is 0 Å². The lowest BCUT2D eigenvalue weighted by atomic mass is 9.75. The second-order valence-corrected chi connectivity index (χ2v) is 5.78. The summed E-state index contributed by atoms with van der Waals surface area (Å²) in [6.45, 7) is 2.21. The van der Waals surface area contributed by atoms with E-state index >= 15 is 0 Å². The first kappa shape index (κ1) is 15.7. The van der Waals surface area contributed by atoms with Crippen LogP contribution in [0.1, 0.15) is 39.0 Å². The summed E-state index contributed by atoms with van der Waals surface area (Å²) in [4.78, 5) is 12.3. The van der Waals surface area contributed by atoms with E-state index < -0.39 is 5.54 Å². The van der Waals surface area contributed by atoms with Gasteiger partial charge in [-0.05, 0) is 55.9 Å². The van der Waals surface area contributed by atoms with Crippen LogP contribution in [0.2, 0.25) is 0 Å². The van der Waals surface area contributed by atoms with Crippen molar-refractivity contribution >= 4 is 11.7 Å². The number of carbonyl (C=O) groups is 1. The van der Waals surface area contributed by atoms with Crippen LogP contribution < -0.4 is 10.1 Å². The summed E-state index contributed by atoms with van der Waals surface area (Å²) in [5.41, 5.74) is 0.339. The SMILES string of the molecule is CCC1CCC(Nc2ccc(OC)cc2)(C(=O)OC)CC1. The largest absolute Gasteiger partial charge is 0.497 e. The lowest BCUT2D eigenvalue weighted by Gasteiger charge is -2.39. The second-order valence-electron chi connectivity index (χ2n) is 5.78. The molecule has 0 saturated heterocycles. The van der Waals surface area contributed by atoms with Gasteiger partial charge in [0.05, 0.1) is 14.2 Å². The van der Waals surface area contributed by atoms with Crippen LogP contribution in [-0.2, 0) is 9.53 Å². The zero-order chi connectivity index (χ0) is 15.3. The van der Waals surface area contributed by atoms with Gasteiger partial charge < -0.3 is 14.8 Å². The maximum Gasteiger partial charge on any atom is 0.331 e. The van der Waals surface area contributed by atoms with Crippen LogP contribution in [-0.4, -0.2) is 25.7 Å². The number of hydrogen-bond acceptors (Lipinski definition) is 4. The minimum Gasteiger partial charge on any atom is -0.497 e. The molecule has 4 heteroatoms. The van der Waals surface area contributed by atoms with Crippen LogP contribution in [0.15, 0.2) is 24.3 Å². The number of carbonyl (C=O) groups excluding carboxylic acids is 1. The number of esters is 1. The van der Waals surface area contributed by atoms with Crippen LogP contribution in [0.4, 0.5) is 5.69 Å². The molecular formula is C17H25NO3. The highest BCUT2D eigenvalue weighted by Crippen LogP contribution is 2.37. The summed E-state index contributed by atoms with van der Waals surface area (Å²) in [6, 6.07) is 7.67. The quantitative estimate of drug-likeness (QED) is 0.842. The van der Waals surface area contributed by atoms with Crippen molar-refractivity contribution in [1.82, 2.24) is 0 Å². The summed E-state index contributed by atoms with van der Waals surface area (Å²) in [5, 5.41) is 3.41. The molecule has 0 bridgehead atoms. The molecule has 1 saturated carbocycles. The van der Waals surface area contributed by atoms with E-state index in [1.54, 1.807) is 7.11 Å². The first-order valence-electron chi connectivity index (χ1n) is 7.64. The summed E-state index contributed by atoms with van der Waals surface area (Å²) < 4.78 is 10.2. The van der Waals surface area contributed by atoms with Gasteiger partial charge in [-0.1, -0.05) is 13.3 Å². The van der Waals surface area contributed by atoms with E-state index in [2.05, 4.69) is 12.2 Å². The predicted octanol–water partition coefficient (Wildman–Crippen LogP) is 3.62. The van der Waals surface area contributed by atoms with Gasteiger partial charge in [0.2, 0.25) is 0 Å². The Morgan fingerprint density at radius 2 is 1.86 bits per heavy atom. The highest BCUT2D eigenvalue weighted by Gasteiger charge is 2.42. The number of rotatable bonds is 5. The molecule has 0 heterocycles. The second kappa shape index (κ2) is 6.83. The predicted molar refractivity (Wildman–Crippen MR) is 83.6 cm³/mol. The average molecular weight is 291 g/mol. The van der Waals surface area contributed by atoms with Crippen LogP contribution in [0.5, 0.6) is 5.75 Å². The molecule has 4 nitrogen and oxygen atoms in total. The first-order valence-corrected chi connectivity index (χ1v) is 7.64. The Kier molecular flexibility index (Phi) is 5.10. The number of benzene rings is 1. The van der Waals surface area contributed by atoms with Crippen molar-refractivity contribution in [3.05, 3.63) is 24.3 Å². The highest BCUT2D eigenvalue weighted by molar-refractivity contribution is 5.84. The van der Waals surface area contributed by atoms with E-state index in [1.807, 2.05) is 24.3 Å². The molecule has 0 amide bonds. The maximum atomic E-state index is 12.3. The van der Waals surface area contributed by atoms with Crippen molar-refractivity contribution < 1.29 is 14.3 Å². The van der Waals surface area contributed by atoms with Gasteiger partial charge in [-0.15, -0.1) is 0 Å². The minimum atomic E-state index is -0.588. The Balaban J connectivity index is 2.14. The summed E-state index contributed by atoms with van der Waals surface area (Å²) in [6.07, 6.45) is 4.96.